The fraction of sp³-hybridized carbons (Fsp3) is 0.600. The highest BCUT2D eigenvalue weighted by atomic mass is 32.1. The standard InChI is InChI=1S/C5H8N2O2S/c1-3-5(4(9)2-8)10-7-6-3/h4,8-9H,2H2,1H3. The number of aromatic nitrogens is 2. The van der Waals surface area contributed by atoms with Gasteiger partial charge in [0.25, 0.3) is 0 Å². The predicted octanol–water partition coefficient (Wildman–Crippen LogP) is -0.128. The summed E-state index contributed by atoms with van der Waals surface area (Å²) in [5.74, 6) is 0. The summed E-state index contributed by atoms with van der Waals surface area (Å²) in [5.41, 5.74) is 0.687. The van der Waals surface area contributed by atoms with Crippen LogP contribution in [-0.2, 0) is 0 Å². The number of aryl methyl sites for hydroxylation is 1. The highest BCUT2D eigenvalue weighted by Gasteiger charge is 2.11. The van der Waals surface area contributed by atoms with E-state index < -0.39 is 6.10 Å². The van der Waals surface area contributed by atoms with E-state index in [1.165, 1.54) is 0 Å². The average molecular weight is 160 g/mol. The molecule has 10 heavy (non-hydrogen) atoms. The number of aliphatic hydroxyl groups excluding tert-OH is 2. The molecule has 1 aromatic heterocycles. The van der Waals surface area contributed by atoms with Gasteiger partial charge in [-0.15, -0.1) is 5.10 Å². The molecule has 5 heteroatoms. The minimum absolute atomic E-state index is 0.273. The zero-order chi connectivity index (χ0) is 7.56. The maximum absolute atomic E-state index is 9.08. The van der Waals surface area contributed by atoms with Crippen molar-refractivity contribution in [2.45, 2.75) is 13.0 Å². The number of nitrogens with zero attached hydrogens (tertiary/aromatic N) is 2. The van der Waals surface area contributed by atoms with Crippen LogP contribution in [0.2, 0.25) is 0 Å². The summed E-state index contributed by atoms with van der Waals surface area (Å²) in [6, 6.07) is 0. The summed E-state index contributed by atoms with van der Waals surface area (Å²) < 4.78 is 3.61. The molecular weight excluding hydrogens is 152 g/mol. The lowest BCUT2D eigenvalue weighted by molar-refractivity contribution is 0.0977. The predicted molar refractivity (Wildman–Crippen MR) is 36.7 cm³/mol. The molecule has 1 aromatic rings. The van der Waals surface area contributed by atoms with E-state index in [0.717, 1.165) is 11.5 Å². The highest BCUT2D eigenvalue weighted by molar-refractivity contribution is 7.05. The van der Waals surface area contributed by atoms with Gasteiger partial charge in [-0.05, 0) is 18.5 Å². The van der Waals surface area contributed by atoms with Crippen LogP contribution < -0.4 is 0 Å². The summed E-state index contributed by atoms with van der Waals surface area (Å²) in [6.07, 6.45) is -0.819. The van der Waals surface area contributed by atoms with E-state index >= 15 is 0 Å². The second-order valence-electron chi connectivity index (χ2n) is 1.92. The van der Waals surface area contributed by atoms with Gasteiger partial charge in [-0.3, -0.25) is 0 Å². The van der Waals surface area contributed by atoms with Crippen molar-refractivity contribution in [3.63, 3.8) is 0 Å². The van der Waals surface area contributed by atoms with Crippen molar-refractivity contribution in [1.29, 1.82) is 0 Å². The Kier molecular flexibility index (Phi) is 2.31. The van der Waals surface area contributed by atoms with Crippen LogP contribution in [0.1, 0.15) is 16.7 Å². The van der Waals surface area contributed by atoms with Gasteiger partial charge in [0.05, 0.1) is 17.2 Å². The van der Waals surface area contributed by atoms with Gasteiger partial charge in [-0.1, -0.05) is 4.49 Å². The van der Waals surface area contributed by atoms with Crippen molar-refractivity contribution >= 4 is 11.5 Å². The molecule has 0 aliphatic carbocycles. The molecule has 0 saturated heterocycles. The monoisotopic (exact) mass is 160 g/mol. The van der Waals surface area contributed by atoms with Gasteiger partial charge in [-0.25, -0.2) is 0 Å². The van der Waals surface area contributed by atoms with E-state index in [4.69, 9.17) is 10.2 Å². The third-order valence-corrected chi connectivity index (χ3v) is 2.09. The van der Waals surface area contributed by atoms with Crippen LogP contribution >= 0.6 is 11.5 Å². The fourth-order valence-electron chi connectivity index (χ4n) is 0.626. The molecule has 0 amide bonds. The normalized spacial score (nSPS) is 13.5. The number of aliphatic hydroxyl groups is 2. The van der Waals surface area contributed by atoms with Crippen LogP contribution in [0.5, 0.6) is 0 Å². The molecule has 0 aliphatic heterocycles. The molecular formula is C5H8N2O2S. The van der Waals surface area contributed by atoms with E-state index in [0.29, 0.717) is 10.6 Å². The topological polar surface area (TPSA) is 66.2 Å². The van der Waals surface area contributed by atoms with Crippen LogP contribution in [0.4, 0.5) is 0 Å². The van der Waals surface area contributed by atoms with E-state index in [9.17, 15) is 0 Å². The Labute approximate surface area is 62.3 Å². The van der Waals surface area contributed by atoms with Gasteiger partial charge < -0.3 is 10.2 Å². The Balaban J connectivity index is 2.82. The van der Waals surface area contributed by atoms with Gasteiger partial charge in [0, 0.05) is 0 Å². The van der Waals surface area contributed by atoms with Crippen LogP contribution in [-0.4, -0.2) is 26.4 Å². The van der Waals surface area contributed by atoms with Crippen molar-refractivity contribution in [3.05, 3.63) is 10.6 Å². The first kappa shape index (κ1) is 7.59. The van der Waals surface area contributed by atoms with Gasteiger partial charge in [0.2, 0.25) is 0 Å². The second kappa shape index (κ2) is 3.05. The van der Waals surface area contributed by atoms with Gasteiger partial charge in [0.15, 0.2) is 0 Å². The Morgan fingerprint density at radius 2 is 2.40 bits per heavy atom. The Morgan fingerprint density at radius 3 is 2.80 bits per heavy atom. The second-order valence-corrected chi connectivity index (χ2v) is 2.71. The zero-order valence-electron chi connectivity index (χ0n) is 5.48. The maximum Gasteiger partial charge on any atom is 0.115 e. The number of hydrogen-bond acceptors (Lipinski definition) is 5. The minimum Gasteiger partial charge on any atom is -0.393 e. The summed E-state index contributed by atoms with van der Waals surface area (Å²) in [7, 11) is 0. The molecule has 1 atom stereocenters. The van der Waals surface area contributed by atoms with E-state index in [2.05, 4.69) is 9.59 Å². The number of rotatable bonds is 2. The molecule has 1 unspecified atom stereocenters. The molecule has 0 fully saturated rings. The van der Waals surface area contributed by atoms with Gasteiger partial charge in [-0.2, -0.15) is 0 Å². The molecule has 0 aliphatic rings. The Hall–Kier alpha value is -0.520. The molecule has 1 rings (SSSR count). The number of hydrogen-bond donors (Lipinski definition) is 2. The minimum atomic E-state index is -0.819. The molecule has 0 bridgehead atoms. The van der Waals surface area contributed by atoms with E-state index in [-0.39, 0.29) is 6.61 Å². The lowest BCUT2D eigenvalue weighted by atomic mass is 10.3. The van der Waals surface area contributed by atoms with Crippen LogP contribution in [0, 0.1) is 6.92 Å². The first-order valence-corrected chi connectivity index (χ1v) is 3.61. The maximum atomic E-state index is 9.08. The van der Waals surface area contributed by atoms with Crippen molar-refractivity contribution in [2.24, 2.45) is 0 Å². The van der Waals surface area contributed by atoms with Gasteiger partial charge >= 0.3 is 0 Å². The molecule has 0 aromatic carbocycles. The lowest BCUT2D eigenvalue weighted by Gasteiger charge is -2.01. The smallest absolute Gasteiger partial charge is 0.115 e. The van der Waals surface area contributed by atoms with E-state index in [1.807, 2.05) is 0 Å². The molecule has 0 spiro atoms. The molecule has 56 valence electrons. The average Bonchev–Trinajstić information content (AvgIpc) is 2.34. The van der Waals surface area contributed by atoms with Crippen LogP contribution in [0.3, 0.4) is 0 Å². The van der Waals surface area contributed by atoms with Crippen molar-refractivity contribution in [2.75, 3.05) is 6.61 Å². The molecule has 2 N–H and O–H groups in total. The molecule has 0 saturated carbocycles. The van der Waals surface area contributed by atoms with Crippen molar-refractivity contribution < 1.29 is 10.2 Å². The van der Waals surface area contributed by atoms with Crippen LogP contribution in [0.15, 0.2) is 0 Å². The largest absolute Gasteiger partial charge is 0.393 e. The zero-order valence-corrected chi connectivity index (χ0v) is 6.30. The summed E-state index contributed by atoms with van der Waals surface area (Å²) in [6.45, 7) is 1.47. The van der Waals surface area contributed by atoms with Crippen molar-refractivity contribution in [1.82, 2.24) is 9.59 Å². The summed E-state index contributed by atoms with van der Waals surface area (Å²) >= 11 is 1.11. The molecule has 1 heterocycles. The fourth-order valence-corrected chi connectivity index (χ4v) is 1.25. The summed E-state index contributed by atoms with van der Waals surface area (Å²) in [4.78, 5) is 0.641. The van der Waals surface area contributed by atoms with E-state index in [1.54, 1.807) is 6.92 Å². The first-order valence-electron chi connectivity index (χ1n) is 2.83. The molecule has 0 radical (unpaired) electrons. The third-order valence-electron chi connectivity index (χ3n) is 1.16. The molecule has 4 nitrogen and oxygen atoms in total. The van der Waals surface area contributed by atoms with Crippen molar-refractivity contribution in [3.8, 4) is 0 Å². The lowest BCUT2D eigenvalue weighted by Crippen LogP contribution is -2.01. The first-order chi connectivity index (χ1) is 4.75. The quantitative estimate of drug-likeness (QED) is 0.632. The SMILES string of the molecule is Cc1nnsc1C(O)CO. The summed E-state index contributed by atoms with van der Waals surface area (Å²) in [5, 5.41) is 21.3. The highest BCUT2D eigenvalue weighted by Crippen LogP contribution is 2.18. The van der Waals surface area contributed by atoms with Gasteiger partial charge in [0.1, 0.15) is 6.10 Å². The third kappa shape index (κ3) is 1.31. The van der Waals surface area contributed by atoms with Crippen LogP contribution in [0.25, 0.3) is 0 Å². The Morgan fingerprint density at radius 1 is 1.70 bits per heavy atom. The Bertz CT molecular complexity index is 213.